The van der Waals surface area contributed by atoms with Gasteiger partial charge in [-0.1, -0.05) is 0 Å². The van der Waals surface area contributed by atoms with Gasteiger partial charge >= 0.3 is 0 Å². The predicted molar refractivity (Wildman–Crippen MR) is 58.3 cm³/mol. The van der Waals surface area contributed by atoms with Crippen LogP contribution in [0.4, 0.5) is 0 Å². The zero-order chi connectivity index (χ0) is 10.5. The molecule has 4 aliphatic rings. The molecule has 0 radical (unpaired) electrons. The predicted octanol–water partition coefficient (Wildman–Crippen LogP) is 1.93. The highest BCUT2D eigenvalue weighted by molar-refractivity contribution is 5.83. The lowest BCUT2D eigenvalue weighted by Crippen LogP contribution is -2.52. The maximum atomic E-state index is 12.1. The largest absolute Gasteiger partial charge is 0.273 e. The van der Waals surface area contributed by atoms with Gasteiger partial charge in [0.1, 0.15) is 0 Å². The van der Waals surface area contributed by atoms with E-state index in [0.29, 0.717) is 0 Å². The average molecular weight is 206 g/mol. The molecule has 3 nitrogen and oxygen atoms in total. The van der Waals surface area contributed by atoms with Crippen molar-refractivity contribution in [2.75, 3.05) is 0 Å². The third-order valence-electron chi connectivity index (χ3n) is 4.70. The third-order valence-corrected chi connectivity index (χ3v) is 4.70. The highest BCUT2D eigenvalue weighted by atomic mass is 16.2. The van der Waals surface area contributed by atoms with Gasteiger partial charge in [-0.05, 0) is 56.3 Å². The van der Waals surface area contributed by atoms with Crippen LogP contribution in [0.5, 0.6) is 0 Å². The minimum absolute atomic E-state index is 0.0735. The van der Waals surface area contributed by atoms with Crippen LogP contribution in [0.1, 0.15) is 38.5 Å². The van der Waals surface area contributed by atoms with Gasteiger partial charge in [0.25, 0.3) is 0 Å². The van der Waals surface area contributed by atoms with Gasteiger partial charge in [-0.25, -0.2) is 5.43 Å². The van der Waals surface area contributed by atoms with E-state index in [2.05, 4.69) is 17.2 Å². The molecule has 15 heavy (non-hydrogen) atoms. The molecule has 0 saturated heterocycles. The minimum Gasteiger partial charge on any atom is -0.273 e. The van der Waals surface area contributed by atoms with Crippen LogP contribution < -0.4 is 5.43 Å². The Labute approximate surface area is 90.3 Å². The van der Waals surface area contributed by atoms with Crippen molar-refractivity contribution in [1.29, 1.82) is 0 Å². The van der Waals surface area contributed by atoms with Crippen molar-refractivity contribution in [3.63, 3.8) is 0 Å². The van der Waals surface area contributed by atoms with Gasteiger partial charge in [-0.3, -0.25) is 4.79 Å². The van der Waals surface area contributed by atoms with Gasteiger partial charge in [0, 0.05) is 6.72 Å². The van der Waals surface area contributed by atoms with Crippen LogP contribution in [-0.4, -0.2) is 12.6 Å². The fourth-order valence-electron chi connectivity index (χ4n) is 4.58. The molecule has 4 saturated carbocycles. The first-order chi connectivity index (χ1) is 7.22. The van der Waals surface area contributed by atoms with Crippen LogP contribution in [0, 0.1) is 23.2 Å². The molecule has 3 heteroatoms. The fourth-order valence-corrected chi connectivity index (χ4v) is 4.58. The summed E-state index contributed by atoms with van der Waals surface area (Å²) in [6.07, 6.45) is 7.40. The number of nitrogens with zero attached hydrogens (tertiary/aromatic N) is 1. The summed E-state index contributed by atoms with van der Waals surface area (Å²) >= 11 is 0. The van der Waals surface area contributed by atoms with Gasteiger partial charge in [-0.2, -0.15) is 5.10 Å². The third kappa shape index (κ3) is 1.32. The maximum absolute atomic E-state index is 12.1. The summed E-state index contributed by atoms with van der Waals surface area (Å²) in [5, 5.41) is 3.54. The lowest BCUT2D eigenvalue weighted by atomic mass is 9.49. The van der Waals surface area contributed by atoms with E-state index in [1.54, 1.807) is 0 Å². The number of nitrogens with one attached hydrogen (secondary N) is 1. The first-order valence-electron chi connectivity index (χ1n) is 5.98. The summed E-state index contributed by atoms with van der Waals surface area (Å²) in [7, 11) is 0. The molecule has 4 rings (SSSR count). The van der Waals surface area contributed by atoms with Crippen LogP contribution in [0.25, 0.3) is 0 Å². The fraction of sp³-hybridized carbons (Fsp3) is 0.833. The molecular weight excluding hydrogens is 188 g/mol. The van der Waals surface area contributed by atoms with Crippen molar-refractivity contribution in [1.82, 2.24) is 5.43 Å². The van der Waals surface area contributed by atoms with Crippen LogP contribution in [0.2, 0.25) is 0 Å². The quantitative estimate of drug-likeness (QED) is 0.544. The molecule has 0 aromatic rings. The number of amides is 1. The lowest BCUT2D eigenvalue weighted by Gasteiger charge is -2.55. The van der Waals surface area contributed by atoms with E-state index in [-0.39, 0.29) is 11.3 Å². The second-order valence-electron chi connectivity index (χ2n) is 5.80. The molecule has 0 aromatic heterocycles. The van der Waals surface area contributed by atoms with E-state index in [1.165, 1.54) is 19.3 Å². The molecule has 0 spiro atoms. The van der Waals surface area contributed by atoms with Gasteiger partial charge in [0.05, 0.1) is 5.41 Å². The van der Waals surface area contributed by atoms with Crippen molar-refractivity contribution in [3.8, 4) is 0 Å². The standard InChI is InChI=1S/C12H18N2O/c1-13-14-11(15)12-5-8-2-9(6-12)4-10(3-8)7-12/h8-10H,1-7H2,(H,14,15). The van der Waals surface area contributed by atoms with Crippen molar-refractivity contribution >= 4 is 12.6 Å². The Morgan fingerprint density at radius 3 is 2.00 bits per heavy atom. The highest BCUT2D eigenvalue weighted by Crippen LogP contribution is 2.60. The maximum Gasteiger partial charge on any atom is 0.246 e. The minimum atomic E-state index is -0.0735. The summed E-state index contributed by atoms with van der Waals surface area (Å²) in [5.41, 5.74) is 2.50. The second kappa shape index (κ2) is 3.06. The first-order valence-corrected chi connectivity index (χ1v) is 5.98. The topological polar surface area (TPSA) is 41.5 Å². The SMILES string of the molecule is C=NNC(=O)C12CC3CC(CC(C3)C1)C2. The van der Waals surface area contributed by atoms with Gasteiger partial charge in [0.15, 0.2) is 0 Å². The van der Waals surface area contributed by atoms with Crippen LogP contribution in [-0.2, 0) is 4.79 Å². The van der Waals surface area contributed by atoms with E-state index in [4.69, 9.17) is 0 Å². The van der Waals surface area contributed by atoms with Crippen LogP contribution >= 0.6 is 0 Å². The lowest BCUT2D eigenvalue weighted by molar-refractivity contribution is -0.146. The van der Waals surface area contributed by atoms with Gasteiger partial charge in [-0.15, -0.1) is 0 Å². The van der Waals surface area contributed by atoms with Crippen molar-refractivity contribution < 1.29 is 4.79 Å². The molecule has 4 bridgehead atoms. The van der Waals surface area contributed by atoms with Crippen molar-refractivity contribution in [2.24, 2.45) is 28.3 Å². The van der Waals surface area contributed by atoms with E-state index < -0.39 is 0 Å². The summed E-state index contributed by atoms with van der Waals surface area (Å²) in [6, 6.07) is 0. The molecule has 4 fully saturated rings. The number of rotatable bonds is 2. The van der Waals surface area contributed by atoms with Gasteiger partial charge < -0.3 is 0 Å². The van der Waals surface area contributed by atoms with Crippen LogP contribution in [0.3, 0.4) is 0 Å². The smallest absolute Gasteiger partial charge is 0.246 e. The molecule has 0 aromatic carbocycles. The van der Waals surface area contributed by atoms with Crippen LogP contribution in [0.15, 0.2) is 5.10 Å². The first kappa shape index (κ1) is 9.37. The van der Waals surface area contributed by atoms with Gasteiger partial charge in [0.2, 0.25) is 5.91 Å². The number of hydrogen-bond acceptors (Lipinski definition) is 2. The van der Waals surface area contributed by atoms with E-state index in [1.807, 2.05) is 0 Å². The summed E-state index contributed by atoms with van der Waals surface area (Å²) in [6.45, 7) is 3.35. The summed E-state index contributed by atoms with van der Waals surface area (Å²) in [4.78, 5) is 12.1. The van der Waals surface area contributed by atoms with E-state index in [9.17, 15) is 4.79 Å². The number of carbonyl (C=O) groups is 1. The molecule has 82 valence electrons. The monoisotopic (exact) mass is 206 g/mol. The summed E-state index contributed by atoms with van der Waals surface area (Å²) in [5.74, 6) is 2.57. The zero-order valence-electron chi connectivity index (χ0n) is 9.04. The zero-order valence-corrected chi connectivity index (χ0v) is 9.04. The molecule has 4 aliphatic carbocycles. The van der Waals surface area contributed by atoms with E-state index in [0.717, 1.165) is 37.0 Å². The molecule has 0 heterocycles. The van der Waals surface area contributed by atoms with Crippen molar-refractivity contribution in [3.05, 3.63) is 0 Å². The molecule has 1 N–H and O–H groups in total. The Balaban J connectivity index is 1.86. The Hall–Kier alpha value is -0.860. The Morgan fingerprint density at radius 2 is 1.60 bits per heavy atom. The van der Waals surface area contributed by atoms with Crippen molar-refractivity contribution in [2.45, 2.75) is 38.5 Å². The Kier molecular flexibility index (Phi) is 1.91. The molecule has 0 atom stereocenters. The molecule has 0 aliphatic heterocycles. The number of hydrogen-bond donors (Lipinski definition) is 1. The van der Waals surface area contributed by atoms with E-state index >= 15 is 0 Å². The Bertz CT molecular complexity index is 275. The highest BCUT2D eigenvalue weighted by Gasteiger charge is 2.54. The average Bonchev–Trinajstić information content (AvgIpc) is 2.15. The molecular formula is C12H18N2O. The number of carbonyl (C=O) groups excluding carboxylic acids is 1. The Morgan fingerprint density at radius 1 is 1.13 bits per heavy atom. The second-order valence-corrected chi connectivity index (χ2v) is 5.80. The molecule has 1 amide bonds. The number of hydrazone groups is 1. The summed E-state index contributed by atoms with van der Waals surface area (Å²) < 4.78 is 0. The molecule has 0 unspecified atom stereocenters. The normalized spacial score (nSPS) is 46.5.